The van der Waals surface area contributed by atoms with E-state index in [1.54, 1.807) is 0 Å². The van der Waals surface area contributed by atoms with Gasteiger partial charge in [-0.15, -0.1) is 0 Å². The lowest BCUT2D eigenvalue weighted by atomic mass is 10.1. The lowest BCUT2D eigenvalue weighted by molar-refractivity contribution is 0.530. The van der Waals surface area contributed by atoms with Crippen molar-refractivity contribution in [1.29, 1.82) is 0 Å². The number of imidazole rings is 2. The Balaban J connectivity index is 1.11. The van der Waals surface area contributed by atoms with Crippen LogP contribution in [0.4, 0.5) is 0 Å². The quantitative estimate of drug-likeness (QED) is 0.123. The van der Waals surface area contributed by atoms with Crippen molar-refractivity contribution >= 4 is 12.4 Å². The summed E-state index contributed by atoms with van der Waals surface area (Å²) in [5, 5.41) is 0. The molecule has 4 aromatic rings. The van der Waals surface area contributed by atoms with Crippen molar-refractivity contribution in [2.45, 2.75) is 77.5 Å². The number of rotatable bonds is 15. The van der Waals surface area contributed by atoms with Gasteiger partial charge >= 0.3 is 0 Å². The van der Waals surface area contributed by atoms with E-state index in [4.69, 9.17) is 9.98 Å². The van der Waals surface area contributed by atoms with Gasteiger partial charge < -0.3 is 9.13 Å². The van der Waals surface area contributed by atoms with Gasteiger partial charge in [0.05, 0.1) is 24.5 Å². The summed E-state index contributed by atoms with van der Waals surface area (Å²) in [6.07, 6.45) is 19.0. The van der Waals surface area contributed by atoms with Gasteiger partial charge in [-0.1, -0.05) is 86.3 Å². The topological polar surface area (TPSA) is 60.4 Å². The highest BCUT2D eigenvalue weighted by molar-refractivity contribution is 5.75. The highest BCUT2D eigenvalue weighted by atomic mass is 15.1. The number of aryl methyl sites for hydroxylation is 2. The van der Waals surface area contributed by atoms with Crippen LogP contribution in [0.1, 0.15) is 87.2 Å². The summed E-state index contributed by atoms with van der Waals surface area (Å²) in [5.41, 5.74) is 2.44. The average Bonchev–Trinajstić information content (AvgIpc) is 3.61. The molecule has 0 amide bonds. The maximum absolute atomic E-state index is 4.71. The van der Waals surface area contributed by atoms with Gasteiger partial charge in [0.25, 0.3) is 0 Å². The first kappa shape index (κ1) is 27.2. The third-order valence-electron chi connectivity index (χ3n) is 6.93. The van der Waals surface area contributed by atoms with Crippen molar-refractivity contribution in [1.82, 2.24) is 19.1 Å². The molecule has 6 nitrogen and oxygen atoms in total. The van der Waals surface area contributed by atoms with Gasteiger partial charge in [0, 0.05) is 37.9 Å². The Morgan fingerprint density at radius 2 is 1.00 bits per heavy atom. The van der Waals surface area contributed by atoms with Crippen molar-refractivity contribution in [3.05, 3.63) is 108 Å². The average molecular weight is 509 g/mol. The van der Waals surface area contributed by atoms with Crippen molar-refractivity contribution in [2.24, 2.45) is 9.98 Å². The van der Waals surface area contributed by atoms with Gasteiger partial charge in [-0.05, 0) is 37.8 Å². The zero-order chi connectivity index (χ0) is 26.4. The second kappa shape index (κ2) is 14.8. The molecule has 198 valence electrons. The van der Waals surface area contributed by atoms with Gasteiger partial charge in [0.2, 0.25) is 0 Å². The van der Waals surface area contributed by atoms with Crippen LogP contribution in [0.25, 0.3) is 0 Å². The Hall–Kier alpha value is -3.80. The summed E-state index contributed by atoms with van der Waals surface area (Å²) in [6, 6.07) is 21.0. The van der Waals surface area contributed by atoms with Gasteiger partial charge in [0.1, 0.15) is 0 Å². The molecule has 38 heavy (non-hydrogen) atoms. The number of aliphatic imine (C=N–C) groups is 2. The van der Waals surface area contributed by atoms with E-state index in [9.17, 15) is 0 Å². The summed E-state index contributed by atoms with van der Waals surface area (Å²) in [4.78, 5) is 18.4. The van der Waals surface area contributed by atoms with Gasteiger partial charge in [-0.25, -0.2) is 9.97 Å². The number of unbranched alkanes of at least 4 members (excludes halogenated alkanes) is 5. The number of nitrogens with zero attached hydrogens (tertiary/aromatic N) is 6. The summed E-state index contributed by atoms with van der Waals surface area (Å²) >= 11 is 0. The van der Waals surface area contributed by atoms with Crippen LogP contribution in [0, 0.1) is 0 Å². The molecule has 0 saturated carbocycles. The van der Waals surface area contributed by atoms with Gasteiger partial charge in [-0.2, -0.15) is 0 Å². The molecule has 0 unspecified atom stereocenters. The molecule has 2 aromatic carbocycles. The van der Waals surface area contributed by atoms with E-state index < -0.39 is 0 Å². The maximum atomic E-state index is 4.71. The zero-order valence-electron chi connectivity index (χ0n) is 22.7. The van der Waals surface area contributed by atoms with E-state index in [1.165, 1.54) is 36.8 Å². The van der Waals surface area contributed by atoms with Gasteiger partial charge in [-0.3, -0.25) is 9.98 Å². The molecule has 6 heteroatoms. The maximum Gasteiger partial charge on any atom is 0.150 e. The molecule has 0 aliphatic heterocycles. The predicted molar refractivity (Wildman–Crippen MR) is 157 cm³/mol. The Morgan fingerprint density at radius 1 is 0.605 bits per heavy atom. The van der Waals surface area contributed by atoms with Crippen LogP contribution in [-0.2, 0) is 13.1 Å². The monoisotopic (exact) mass is 508 g/mol. The normalized spacial score (nSPS) is 13.4. The van der Waals surface area contributed by atoms with Crippen molar-refractivity contribution in [2.75, 3.05) is 0 Å². The molecule has 0 aliphatic carbocycles. The molecule has 0 saturated heterocycles. The predicted octanol–water partition coefficient (Wildman–Crippen LogP) is 7.48. The second-order valence-corrected chi connectivity index (χ2v) is 9.81. The lowest BCUT2D eigenvalue weighted by Gasteiger charge is -2.08. The fourth-order valence-electron chi connectivity index (χ4n) is 4.54. The van der Waals surface area contributed by atoms with Crippen molar-refractivity contribution in [3.8, 4) is 0 Å². The van der Waals surface area contributed by atoms with Crippen LogP contribution in [0.5, 0.6) is 0 Å². The summed E-state index contributed by atoms with van der Waals surface area (Å²) < 4.78 is 4.42. The third-order valence-corrected chi connectivity index (χ3v) is 6.93. The first-order valence-corrected chi connectivity index (χ1v) is 13.9. The van der Waals surface area contributed by atoms with Crippen LogP contribution in [-0.4, -0.2) is 31.5 Å². The Labute approximate surface area is 227 Å². The zero-order valence-corrected chi connectivity index (χ0v) is 22.7. The van der Waals surface area contributed by atoms with Crippen LogP contribution in [0.2, 0.25) is 0 Å². The SMILES string of the molecule is C[C@@H](N=Cc1nccn1CCCCCCCCn1ccnc1C=N[C@H](C)c1ccccc1)c1ccccc1. The van der Waals surface area contributed by atoms with E-state index in [-0.39, 0.29) is 12.1 Å². The summed E-state index contributed by atoms with van der Waals surface area (Å²) in [6.45, 7) is 6.21. The standard InChI is InChI=1S/C32H40N6/c1-27(29-15-9-7-10-16-29)35-25-31-33-19-23-37(31)21-13-5-3-4-6-14-22-38-24-20-34-32(38)26-36-28(2)30-17-11-8-12-18-30/h7-12,15-20,23-28H,3-6,13-14,21-22H2,1-2H3/t27-,28-/m1/s1. The first-order valence-electron chi connectivity index (χ1n) is 13.9. The third kappa shape index (κ3) is 8.37. The second-order valence-electron chi connectivity index (χ2n) is 9.81. The molecule has 0 N–H and O–H groups in total. The number of hydrogen-bond donors (Lipinski definition) is 0. The van der Waals surface area contributed by atoms with E-state index in [2.05, 4.69) is 93.9 Å². The number of hydrogen-bond acceptors (Lipinski definition) is 4. The van der Waals surface area contributed by atoms with Crippen LogP contribution < -0.4 is 0 Å². The Kier molecular flexibility index (Phi) is 10.6. The molecule has 0 radical (unpaired) electrons. The molecule has 2 aromatic heterocycles. The van der Waals surface area contributed by atoms with Crippen LogP contribution >= 0.6 is 0 Å². The van der Waals surface area contributed by atoms with E-state index in [1.807, 2.05) is 37.0 Å². The fourth-order valence-corrected chi connectivity index (χ4v) is 4.54. The van der Waals surface area contributed by atoms with Crippen molar-refractivity contribution in [3.63, 3.8) is 0 Å². The molecular weight excluding hydrogens is 468 g/mol. The van der Waals surface area contributed by atoms with E-state index in [0.717, 1.165) is 37.6 Å². The highest BCUT2D eigenvalue weighted by Gasteiger charge is 2.05. The molecule has 0 bridgehead atoms. The van der Waals surface area contributed by atoms with E-state index >= 15 is 0 Å². The molecular formula is C32H40N6. The number of aromatic nitrogens is 4. The van der Waals surface area contributed by atoms with Gasteiger partial charge in [0.15, 0.2) is 11.6 Å². The smallest absolute Gasteiger partial charge is 0.150 e. The molecule has 0 fully saturated rings. The molecule has 0 aliphatic rings. The first-order chi connectivity index (χ1) is 18.7. The Bertz CT molecular complexity index is 1160. The fraction of sp³-hybridized carbons (Fsp3) is 0.375. The highest BCUT2D eigenvalue weighted by Crippen LogP contribution is 2.17. The van der Waals surface area contributed by atoms with Crippen LogP contribution in [0.3, 0.4) is 0 Å². The minimum absolute atomic E-state index is 0.130. The molecule has 2 atom stereocenters. The van der Waals surface area contributed by atoms with Crippen LogP contribution in [0.15, 0.2) is 95.4 Å². The largest absolute Gasteiger partial charge is 0.330 e. The van der Waals surface area contributed by atoms with E-state index in [0.29, 0.717) is 0 Å². The number of benzene rings is 2. The summed E-state index contributed by atoms with van der Waals surface area (Å²) in [7, 11) is 0. The summed E-state index contributed by atoms with van der Waals surface area (Å²) in [5.74, 6) is 1.87. The molecule has 4 rings (SSSR count). The Morgan fingerprint density at radius 3 is 1.42 bits per heavy atom. The minimum atomic E-state index is 0.130. The van der Waals surface area contributed by atoms with Crippen molar-refractivity contribution < 1.29 is 0 Å². The lowest BCUT2D eigenvalue weighted by Crippen LogP contribution is -2.04. The minimum Gasteiger partial charge on any atom is -0.330 e. The molecule has 2 heterocycles. The molecule has 0 spiro atoms.